The van der Waals surface area contributed by atoms with Gasteiger partial charge in [-0.2, -0.15) is 16.7 Å². The van der Waals surface area contributed by atoms with Crippen LogP contribution in [0.5, 0.6) is 0 Å². The quantitative estimate of drug-likeness (QED) is 0.890. The van der Waals surface area contributed by atoms with Crippen LogP contribution in [-0.4, -0.2) is 33.7 Å². The van der Waals surface area contributed by atoms with E-state index in [1.54, 1.807) is 6.92 Å². The molecule has 2 aliphatic rings. The van der Waals surface area contributed by atoms with Crippen molar-refractivity contribution in [2.24, 2.45) is 0 Å². The van der Waals surface area contributed by atoms with Crippen LogP contribution < -0.4 is 10.6 Å². The second-order valence-corrected chi connectivity index (χ2v) is 7.41. The molecular formula is C15H24N4O2S. The third-order valence-corrected chi connectivity index (χ3v) is 6.01. The van der Waals surface area contributed by atoms with E-state index in [1.165, 1.54) is 12.8 Å². The van der Waals surface area contributed by atoms with Gasteiger partial charge in [0.15, 0.2) is 5.82 Å². The van der Waals surface area contributed by atoms with E-state index in [9.17, 15) is 4.79 Å². The molecule has 2 amide bonds. The summed E-state index contributed by atoms with van der Waals surface area (Å²) in [4.78, 5) is 16.8. The lowest BCUT2D eigenvalue weighted by molar-refractivity contribution is 0.217. The standard InChI is InChI=1S/C15H24N4O2S/c1-10-16-13(19-21-10)15(8-3-4-9-15)18-14(20)17-11-6-5-7-12(11)22-2/h11-12H,3-9H2,1-2H3,(H2,17,18,20)/t11-,12+/m0/s1. The van der Waals surface area contributed by atoms with Gasteiger partial charge in [-0.15, -0.1) is 0 Å². The van der Waals surface area contributed by atoms with Crippen molar-refractivity contribution in [1.82, 2.24) is 20.8 Å². The van der Waals surface area contributed by atoms with E-state index in [0.29, 0.717) is 17.0 Å². The van der Waals surface area contributed by atoms with Crippen molar-refractivity contribution in [2.45, 2.75) is 68.7 Å². The summed E-state index contributed by atoms with van der Waals surface area (Å²) in [6.07, 6.45) is 9.44. The minimum Gasteiger partial charge on any atom is -0.340 e. The van der Waals surface area contributed by atoms with Gasteiger partial charge in [-0.05, 0) is 31.9 Å². The molecule has 0 bridgehead atoms. The van der Waals surface area contributed by atoms with Crippen LogP contribution in [0.15, 0.2) is 4.52 Å². The highest BCUT2D eigenvalue weighted by atomic mass is 32.2. The highest BCUT2D eigenvalue weighted by molar-refractivity contribution is 7.99. The van der Waals surface area contributed by atoms with Crippen molar-refractivity contribution in [2.75, 3.05) is 6.26 Å². The fraction of sp³-hybridized carbons (Fsp3) is 0.800. The predicted octanol–water partition coefficient (Wildman–Crippen LogP) is 2.73. The number of hydrogen-bond donors (Lipinski definition) is 2. The van der Waals surface area contributed by atoms with Gasteiger partial charge >= 0.3 is 6.03 Å². The molecule has 0 spiro atoms. The summed E-state index contributed by atoms with van der Waals surface area (Å²) in [5, 5.41) is 10.9. The number of nitrogens with zero attached hydrogens (tertiary/aromatic N) is 2. The normalized spacial score (nSPS) is 27.0. The zero-order valence-corrected chi connectivity index (χ0v) is 14.0. The topological polar surface area (TPSA) is 80.0 Å². The first-order chi connectivity index (χ1) is 10.6. The fourth-order valence-corrected chi connectivity index (χ4v) is 4.61. The first-order valence-corrected chi connectivity index (χ1v) is 9.34. The highest BCUT2D eigenvalue weighted by Gasteiger charge is 2.42. The van der Waals surface area contributed by atoms with Gasteiger partial charge in [0, 0.05) is 18.2 Å². The van der Waals surface area contributed by atoms with Crippen molar-refractivity contribution in [3.8, 4) is 0 Å². The van der Waals surface area contributed by atoms with Crippen LogP contribution in [0.4, 0.5) is 4.79 Å². The largest absolute Gasteiger partial charge is 0.340 e. The van der Waals surface area contributed by atoms with Gasteiger partial charge in [0.05, 0.1) is 0 Å². The molecule has 122 valence electrons. The summed E-state index contributed by atoms with van der Waals surface area (Å²) in [5.74, 6) is 1.16. The second-order valence-electron chi connectivity index (χ2n) is 6.34. The molecule has 1 heterocycles. The molecule has 0 radical (unpaired) electrons. The number of nitrogens with one attached hydrogen (secondary N) is 2. The summed E-state index contributed by atoms with van der Waals surface area (Å²) in [5.41, 5.74) is -0.463. The van der Waals surface area contributed by atoms with Crippen molar-refractivity contribution in [1.29, 1.82) is 0 Å². The summed E-state index contributed by atoms with van der Waals surface area (Å²) in [6, 6.07) is 0.163. The minimum absolute atomic E-state index is 0.102. The van der Waals surface area contributed by atoms with Crippen LogP contribution in [0.2, 0.25) is 0 Å². The molecule has 1 aromatic rings. The Morgan fingerprint density at radius 1 is 1.32 bits per heavy atom. The number of thioether (sulfide) groups is 1. The van der Waals surface area contributed by atoms with E-state index in [1.807, 2.05) is 11.8 Å². The molecular weight excluding hydrogens is 300 g/mol. The molecule has 0 aromatic carbocycles. The molecule has 2 fully saturated rings. The lowest BCUT2D eigenvalue weighted by Crippen LogP contribution is -2.52. The summed E-state index contributed by atoms with van der Waals surface area (Å²) < 4.78 is 5.12. The van der Waals surface area contributed by atoms with Gasteiger partial charge in [-0.3, -0.25) is 0 Å². The molecule has 0 aliphatic heterocycles. The highest BCUT2D eigenvalue weighted by Crippen LogP contribution is 2.37. The van der Waals surface area contributed by atoms with Crippen LogP contribution in [0.3, 0.4) is 0 Å². The molecule has 6 nitrogen and oxygen atoms in total. The Hall–Kier alpha value is -1.24. The van der Waals surface area contributed by atoms with Crippen LogP contribution in [0.1, 0.15) is 56.7 Å². The molecule has 0 unspecified atom stereocenters. The molecule has 2 aliphatic carbocycles. The van der Waals surface area contributed by atoms with E-state index < -0.39 is 5.54 Å². The van der Waals surface area contributed by atoms with Crippen molar-refractivity contribution in [3.63, 3.8) is 0 Å². The smallest absolute Gasteiger partial charge is 0.315 e. The lowest BCUT2D eigenvalue weighted by Gasteiger charge is -2.28. The van der Waals surface area contributed by atoms with Crippen molar-refractivity contribution < 1.29 is 9.32 Å². The van der Waals surface area contributed by atoms with E-state index >= 15 is 0 Å². The lowest BCUT2D eigenvalue weighted by atomic mass is 9.97. The summed E-state index contributed by atoms with van der Waals surface area (Å²) >= 11 is 1.84. The predicted molar refractivity (Wildman–Crippen MR) is 85.8 cm³/mol. The van der Waals surface area contributed by atoms with Crippen LogP contribution >= 0.6 is 11.8 Å². The maximum Gasteiger partial charge on any atom is 0.315 e. The number of amides is 2. The second kappa shape index (κ2) is 6.48. The number of carbonyl (C=O) groups is 1. The van der Waals surface area contributed by atoms with Gasteiger partial charge < -0.3 is 15.2 Å². The number of aromatic nitrogens is 2. The minimum atomic E-state index is -0.463. The molecule has 7 heteroatoms. The van der Waals surface area contributed by atoms with E-state index in [2.05, 4.69) is 27.0 Å². The molecule has 2 atom stereocenters. The Morgan fingerprint density at radius 3 is 2.73 bits per heavy atom. The summed E-state index contributed by atoms with van der Waals surface area (Å²) in [7, 11) is 0. The SMILES string of the molecule is CS[C@@H]1CCC[C@@H]1NC(=O)NC1(c2noc(C)n2)CCCC1. The number of carbonyl (C=O) groups excluding carboxylic acids is 1. The zero-order chi connectivity index (χ0) is 15.6. The van der Waals surface area contributed by atoms with Crippen LogP contribution in [-0.2, 0) is 5.54 Å². The Morgan fingerprint density at radius 2 is 2.09 bits per heavy atom. The molecule has 2 saturated carbocycles. The number of rotatable bonds is 4. The monoisotopic (exact) mass is 324 g/mol. The third-order valence-electron chi connectivity index (χ3n) is 4.84. The Balaban J connectivity index is 1.67. The molecule has 1 aromatic heterocycles. The van der Waals surface area contributed by atoms with E-state index in [-0.39, 0.29) is 12.1 Å². The van der Waals surface area contributed by atoms with Gasteiger partial charge in [0.1, 0.15) is 5.54 Å². The maximum atomic E-state index is 12.5. The van der Waals surface area contributed by atoms with E-state index in [0.717, 1.165) is 32.1 Å². The Kier molecular flexibility index (Phi) is 4.61. The van der Waals surface area contributed by atoms with Gasteiger partial charge in [-0.1, -0.05) is 24.4 Å². The van der Waals surface area contributed by atoms with Crippen LogP contribution in [0.25, 0.3) is 0 Å². The average Bonchev–Trinajstić information content (AvgIpc) is 3.20. The Labute approximate surface area is 135 Å². The number of aryl methyl sites for hydroxylation is 1. The van der Waals surface area contributed by atoms with E-state index in [4.69, 9.17) is 4.52 Å². The number of urea groups is 1. The fourth-order valence-electron chi connectivity index (χ4n) is 3.67. The first kappa shape index (κ1) is 15.6. The average molecular weight is 324 g/mol. The van der Waals surface area contributed by atoms with Gasteiger partial charge in [0.25, 0.3) is 0 Å². The Bertz CT molecular complexity index is 527. The molecule has 22 heavy (non-hydrogen) atoms. The molecule has 2 N–H and O–H groups in total. The van der Waals surface area contributed by atoms with Crippen LogP contribution in [0, 0.1) is 6.92 Å². The maximum absolute atomic E-state index is 12.5. The van der Waals surface area contributed by atoms with Gasteiger partial charge in [-0.25, -0.2) is 4.79 Å². The molecule has 3 rings (SSSR count). The summed E-state index contributed by atoms with van der Waals surface area (Å²) in [6.45, 7) is 1.78. The third kappa shape index (κ3) is 3.09. The van der Waals surface area contributed by atoms with Crippen molar-refractivity contribution >= 4 is 17.8 Å². The van der Waals surface area contributed by atoms with Gasteiger partial charge in [0.2, 0.25) is 5.89 Å². The molecule has 0 saturated heterocycles. The number of hydrogen-bond acceptors (Lipinski definition) is 5. The first-order valence-electron chi connectivity index (χ1n) is 8.05. The van der Waals surface area contributed by atoms with Crippen molar-refractivity contribution in [3.05, 3.63) is 11.7 Å². The zero-order valence-electron chi connectivity index (χ0n) is 13.2.